The molecule has 1 aromatic rings. The van der Waals surface area contributed by atoms with Crippen LogP contribution in [0.4, 0.5) is 0 Å². The van der Waals surface area contributed by atoms with E-state index in [0.717, 1.165) is 19.0 Å². The lowest BCUT2D eigenvalue weighted by Gasteiger charge is -2.14. The van der Waals surface area contributed by atoms with Gasteiger partial charge in [0.1, 0.15) is 0 Å². The van der Waals surface area contributed by atoms with E-state index in [2.05, 4.69) is 35.6 Å². The summed E-state index contributed by atoms with van der Waals surface area (Å²) in [6.07, 6.45) is 9.49. The van der Waals surface area contributed by atoms with Gasteiger partial charge in [-0.1, -0.05) is 13.8 Å². The van der Waals surface area contributed by atoms with Gasteiger partial charge in [-0.25, -0.2) is 4.98 Å². The number of hydrogen-bond donors (Lipinski definition) is 1. The van der Waals surface area contributed by atoms with E-state index in [1.54, 1.807) is 0 Å². The third-order valence-corrected chi connectivity index (χ3v) is 2.82. The highest BCUT2D eigenvalue weighted by molar-refractivity contribution is 4.74. The van der Waals surface area contributed by atoms with Crippen LogP contribution in [0.25, 0.3) is 0 Å². The molecule has 0 fully saturated rings. The van der Waals surface area contributed by atoms with Crippen molar-refractivity contribution in [2.45, 2.75) is 52.6 Å². The van der Waals surface area contributed by atoms with Gasteiger partial charge in [0.25, 0.3) is 0 Å². The number of rotatable bonds is 8. The number of aromatic nitrogens is 2. The zero-order valence-corrected chi connectivity index (χ0v) is 10.8. The maximum atomic E-state index is 4.03. The third-order valence-electron chi connectivity index (χ3n) is 2.82. The molecule has 3 nitrogen and oxygen atoms in total. The van der Waals surface area contributed by atoms with Crippen LogP contribution in [0, 0.1) is 5.92 Å². The Bertz CT molecular complexity index is 254. The zero-order chi connectivity index (χ0) is 11.8. The molecule has 16 heavy (non-hydrogen) atoms. The van der Waals surface area contributed by atoms with E-state index in [0.29, 0.717) is 6.04 Å². The van der Waals surface area contributed by atoms with Crippen molar-refractivity contribution in [1.29, 1.82) is 0 Å². The average molecular weight is 223 g/mol. The summed E-state index contributed by atoms with van der Waals surface area (Å²) in [5.41, 5.74) is 0. The zero-order valence-electron chi connectivity index (χ0n) is 10.8. The molecule has 1 aromatic heterocycles. The first-order chi connectivity index (χ1) is 7.68. The van der Waals surface area contributed by atoms with Crippen LogP contribution in [-0.2, 0) is 6.54 Å². The van der Waals surface area contributed by atoms with Crippen LogP contribution in [0.5, 0.6) is 0 Å². The second-order valence-corrected chi connectivity index (χ2v) is 4.98. The molecule has 0 saturated heterocycles. The first-order valence-corrected chi connectivity index (χ1v) is 6.37. The van der Waals surface area contributed by atoms with E-state index in [9.17, 15) is 0 Å². The van der Waals surface area contributed by atoms with Gasteiger partial charge in [0.15, 0.2) is 0 Å². The van der Waals surface area contributed by atoms with Crippen LogP contribution in [-0.4, -0.2) is 22.1 Å². The van der Waals surface area contributed by atoms with Crippen molar-refractivity contribution in [3.8, 4) is 0 Å². The normalized spacial score (nSPS) is 13.2. The molecule has 1 rings (SSSR count). The highest BCUT2D eigenvalue weighted by atomic mass is 15.0. The Labute approximate surface area is 99.3 Å². The summed E-state index contributed by atoms with van der Waals surface area (Å²) in [5.74, 6) is 0.815. The lowest BCUT2D eigenvalue weighted by molar-refractivity contribution is 0.441. The van der Waals surface area contributed by atoms with Crippen molar-refractivity contribution in [2.75, 3.05) is 6.54 Å². The van der Waals surface area contributed by atoms with Crippen molar-refractivity contribution in [3.63, 3.8) is 0 Å². The lowest BCUT2D eigenvalue weighted by Crippen LogP contribution is -2.27. The van der Waals surface area contributed by atoms with Crippen LogP contribution in [0.3, 0.4) is 0 Å². The van der Waals surface area contributed by atoms with E-state index in [1.807, 2.05) is 18.7 Å². The largest absolute Gasteiger partial charge is 0.337 e. The molecule has 1 heterocycles. The molecular weight excluding hydrogens is 198 g/mol. The molecule has 0 aliphatic rings. The highest BCUT2D eigenvalue weighted by Crippen LogP contribution is 2.06. The SMILES string of the molecule is CC(C)CCC(C)NCCCn1ccnc1. The monoisotopic (exact) mass is 223 g/mol. The molecule has 0 aromatic carbocycles. The molecule has 0 aliphatic carbocycles. The topological polar surface area (TPSA) is 29.9 Å². The average Bonchev–Trinajstić information content (AvgIpc) is 2.74. The van der Waals surface area contributed by atoms with Crippen LogP contribution < -0.4 is 5.32 Å². The summed E-state index contributed by atoms with van der Waals surface area (Å²) in [7, 11) is 0. The summed E-state index contributed by atoms with van der Waals surface area (Å²) in [6.45, 7) is 9.00. The van der Waals surface area contributed by atoms with Crippen LogP contribution in [0.1, 0.15) is 40.0 Å². The minimum atomic E-state index is 0.644. The van der Waals surface area contributed by atoms with Gasteiger partial charge in [-0.05, 0) is 38.6 Å². The molecule has 0 aliphatic heterocycles. The Morgan fingerprint density at radius 3 is 2.69 bits per heavy atom. The molecule has 1 atom stereocenters. The minimum Gasteiger partial charge on any atom is -0.337 e. The van der Waals surface area contributed by atoms with Crippen molar-refractivity contribution in [2.24, 2.45) is 5.92 Å². The second-order valence-electron chi connectivity index (χ2n) is 4.98. The van der Waals surface area contributed by atoms with Crippen molar-refractivity contribution in [1.82, 2.24) is 14.9 Å². The molecule has 3 heteroatoms. The van der Waals surface area contributed by atoms with E-state index in [-0.39, 0.29) is 0 Å². The van der Waals surface area contributed by atoms with Gasteiger partial charge in [-0.15, -0.1) is 0 Å². The van der Waals surface area contributed by atoms with Crippen molar-refractivity contribution in [3.05, 3.63) is 18.7 Å². The van der Waals surface area contributed by atoms with Gasteiger partial charge in [0.05, 0.1) is 6.33 Å². The molecule has 0 bridgehead atoms. The van der Waals surface area contributed by atoms with Crippen LogP contribution in [0.2, 0.25) is 0 Å². The third kappa shape index (κ3) is 5.91. The second kappa shape index (κ2) is 7.44. The van der Waals surface area contributed by atoms with Gasteiger partial charge in [0, 0.05) is 25.0 Å². The Morgan fingerprint density at radius 1 is 1.25 bits per heavy atom. The number of nitrogens with zero attached hydrogens (tertiary/aromatic N) is 2. The molecule has 0 spiro atoms. The predicted molar refractivity (Wildman–Crippen MR) is 68.4 cm³/mol. The number of aryl methyl sites for hydroxylation is 1. The summed E-state index contributed by atoms with van der Waals surface area (Å²) in [6, 6.07) is 0.644. The molecule has 1 N–H and O–H groups in total. The Morgan fingerprint density at radius 2 is 2.06 bits per heavy atom. The Hall–Kier alpha value is -0.830. The summed E-state index contributed by atoms with van der Waals surface area (Å²) < 4.78 is 2.13. The summed E-state index contributed by atoms with van der Waals surface area (Å²) in [4.78, 5) is 4.03. The van der Waals surface area contributed by atoms with Gasteiger partial charge >= 0.3 is 0 Å². The highest BCUT2D eigenvalue weighted by Gasteiger charge is 2.02. The smallest absolute Gasteiger partial charge is 0.0945 e. The fourth-order valence-electron chi connectivity index (χ4n) is 1.71. The summed E-state index contributed by atoms with van der Waals surface area (Å²) in [5, 5.41) is 3.57. The van der Waals surface area contributed by atoms with Gasteiger partial charge in [-0.2, -0.15) is 0 Å². The van der Waals surface area contributed by atoms with E-state index < -0.39 is 0 Å². The Kier molecular flexibility index (Phi) is 6.16. The lowest BCUT2D eigenvalue weighted by atomic mass is 10.0. The molecule has 0 radical (unpaired) electrons. The first-order valence-electron chi connectivity index (χ1n) is 6.37. The standard InChI is InChI=1S/C13H25N3/c1-12(2)5-6-13(3)15-7-4-9-16-10-8-14-11-16/h8,10-13,15H,4-7,9H2,1-3H3. The molecule has 0 saturated carbocycles. The first kappa shape index (κ1) is 13.2. The Balaban J connectivity index is 1.98. The van der Waals surface area contributed by atoms with Crippen molar-refractivity contribution < 1.29 is 0 Å². The van der Waals surface area contributed by atoms with E-state index >= 15 is 0 Å². The number of hydrogen-bond acceptors (Lipinski definition) is 2. The van der Waals surface area contributed by atoms with Crippen LogP contribution in [0.15, 0.2) is 18.7 Å². The number of imidazole rings is 1. The van der Waals surface area contributed by atoms with E-state index in [1.165, 1.54) is 19.3 Å². The summed E-state index contributed by atoms with van der Waals surface area (Å²) >= 11 is 0. The van der Waals surface area contributed by atoms with Gasteiger partial charge < -0.3 is 9.88 Å². The fraction of sp³-hybridized carbons (Fsp3) is 0.769. The minimum absolute atomic E-state index is 0.644. The predicted octanol–water partition coefficient (Wildman–Crippen LogP) is 2.69. The van der Waals surface area contributed by atoms with Crippen molar-refractivity contribution >= 4 is 0 Å². The number of nitrogens with one attached hydrogen (secondary N) is 1. The van der Waals surface area contributed by atoms with Gasteiger partial charge in [0.2, 0.25) is 0 Å². The molecule has 1 unspecified atom stereocenters. The van der Waals surface area contributed by atoms with Crippen LogP contribution >= 0.6 is 0 Å². The maximum absolute atomic E-state index is 4.03. The molecule has 0 amide bonds. The maximum Gasteiger partial charge on any atom is 0.0945 e. The molecule has 92 valence electrons. The van der Waals surface area contributed by atoms with E-state index in [4.69, 9.17) is 0 Å². The van der Waals surface area contributed by atoms with Gasteiger partial charge in [-0.3, -0.25) is 0 Å². The molecular formula is C13H25N3. The quantitative estimate of drug-likeness (QED) is 0.687. The fourth-order valence-corrected chi connectivity index (χ4v) is 1.71.